The Morgan fingerprint density at radius 3 is 2.83 bits per heavy atom. The first kappa shape index (κ1) is 13.2. The molecule has 0 spiro atoms. The topological polar surface area (TPSA) is 59.4 Å². The first-order valence-electron chi connectivity index (χ1n) is 5.46. The lowest BCUT2D eigenvalue weighted by Gasteiger charge is -2.08. The molecular formula is C12H13NO3S2. The minimum Gasteiger partial charge on any atom is -0.478 e. The molecule has 18 heavy (non-hydrogen) atoms. The predicted octanol–water partition coefficient (Wildman–Crippen LogP) is 3.67. The Hall–Kier alpha value is -1.24. The molecule has 0 saturated heterocycles. The van der Waals surface area contributed by atoms with Crippen LogP contribution in [0.25, 0.3) is 10.6 Å². The van der Waals surface area contributed by atoms with Crippen molar-refractivity contribution in [2.45, 2.75) is 19.4 Å². The van der Waals surface area contributed by atoms with Gasteiger partial charge >= 0.3 is 5.97 Å². The summed E-state index contributed by atoms with van der Waals surface area (Å²) in [4.78, 5) is 16.2. The highest BCUT2D eigenvalue weighted by molar-refractivity contribution is 7.14. The zero-order chi connectivity index (χ0) is 13.1. The molecule has 0 aliphatic carbocycles. The fourth-order valence-electron chi connectivity index (χ4n) is 1.57. The molecule has 0 fully saturated rings. The van der Waals surface area contributed by atoms with E-state index in [9.17, 15) is 4.79 Å². The largest absolute Gasteiger partial charge is 0.478 e. The quantitative estimate of drug-likeness (QED) is 0.909. The Labute approximate surface area is 113 Å². The maximum Gasteiger partial charge on any atom is 0.336 e. The molecule has 0 aliphatic rings. The zero-order valence-corrected chi connectivity index (χ0v) is 11.7. The zero-order valence-electron chi connectivity index (χ0n) is 10.0. The van der Waals surface area contributed by atoms with E-state index in [0.717, 1.165) is 22.0 Å². The summed E-state index contributed by atoms with van der Waals surface area (Å²) in [5, 5.41) is 13.4. The molecular weight excluding hydrogens is 270 g/mol. The van der Waals surface area contributed by atoms with Crippen LogP contribution in [0.15, 0.2) is 16.8 Å². The van der Waals surface area contributed by atoms with Gasteiger partial charge in [0.05, 0.1) is 16.1 Å². The monoisotopic (exact) mass is 283 g/mol. The van der Waals surface area contributed by atoms with Crippen molar-refractivity contribution in [1.29, 1.82) is 0 Å². The second-order valence-corrected chi connectivity index (χ2v) is 5.51. The van der Waals surface area contributed by atoms with E-state index in [2.05, 4.69) is 4.98 Å². The first-order valence-corrected chi connectivity index (χ1v) is 7.22. The van der Waals surface area contributed by atoms with Crippen molar-refractivity contribution in [3.05, 3.63) is 27.4 Å². The van der Waals surface area contributed by atoms with Gasteiger partial charge in [-0.1, -0.05) is 6.92 Å². The van der Waals surface area contributed by atoms with Crippen LogP contribution in [0.3, 0.4) is 0 Å². The Morgan fingerprint density at radius 1 is 1.50 bits per heavy atom. The van der Waals surface area contributed by atoms with E-state index >= 15 is 0 Å². The molecule has 0 bridgehead atoms. The molecule has 0 aromatic carbocycles. The molecule has 1 N–H and O–H groups in total. The molecule has 0 radical (unpaired) electrons. The summed E-state index contributed by atoms with van der Waals surface area (Å²) in [5.74, 6) is -0.906. The third-order valence-corrected chi connectivity index (χ3v) is 4.44. The smallest absolute Gasteiger partial charge is 0.336 e. The van der Waals surface area contributed by atoms with Crippen molar-refractivity contribution in [2.75, 3.05) is 7.11 Å². The van der Waals surface area contributed by atoms with Crippen LogP contribution < -0.4 is 0 Å². The van der Waals surface area contributed by atoms with Crippen molar-refractivity contribution < 1.29 is 14.6 Å². The lowest BCUT2D eigenvalue weighted by atomic mass is 10.3. The third kappa shape index (κ3) is 2.60. The molecule has 6 heteroatoms. The van der Waals surface area contributed by atoms with Crippen LogP contribution in [0.2, 0.25) is 0 Å². The predicted molar refractivity (Wildman–Crippen MR) is 72.4 cm³/mol. The van der Waals surface area contributed by atoms with Crippen LogP contribution in [-0.2, 0) is 4.74 Å². The van der Waals surface area contributed by atoms with Gasteiger partial charge in [0.1, 0.15) is 11.1 Å². The molecule has 2 rings (SSSR count). The van der Waals surface area contributed by atoms with Crippen molar-refractivity contribution in [2.24, 2.45) is 0 Å². The molecule has 96 valence electrons. The van der Waals surface area contributed by atoms with Crippen LogP contribution in [-0.4, -0.2) is 23.2 Å². The Kier molecular flexibility index (Phi) is 4.11. The number of carboxylic acids is 1. The lowest BCUT2D eigenvalue weighted by molar-refractivity contribution is 0.0697. The van der Waals surface area contributed by atoms with Crippen LogP contribution >= 0.6 is 22.7 Å². The number of hydrogen-bond donors (Lipinski definition) is 1. The standard InChI is InChI=1S/C12H13NO3S2/c1-3-9(16-2)11-13-8(6-18-11)10-4-7(5-17-10)12(14)15/h4-6,9H,3H2,1-2H3,(H,14,15). The summed E-state index contributed by atoms with van der Waals surface area (Å²) in [7, 11) is 1.67. The molecule has 0 aliphatic heterocycles. The Bertz CT molecular complexity index is 543. The van der Waals surface area contributed by atoms with Gasteiger partial charge in [-0.3, -0.25) is 0 Å². The number of aromatic nitrogens is 1. The highest BCUT2D eigenvalue weighted by Gasteiger charge is 2.15. The molecule has 2 aromatic heterocycles. The number of methoxy groups -OCH3 is 1. The Morgan fingerprint density at radius 2 is 2.28 bits per heavy atom. The number of thiophene rings is 1. The summed E-state index contributed by atoms with van der Waals surface area (Å²) >= 11 is 2.94. The van der Waals surface area contributed by atoms with Crippen molar-refractivity contribution in [3.63, 3.8) is 0 Å². The average molecular weight is 283 g/mol. The minimum absolute atomic E-state index is 0.0163. The van der Waals surface area contributed by atoms with Gasteiger partial charge in [0.15, 0.2) is 0 Å². The minimum atomic E-state index is -0.906. The normalized spacial score (nSPS) is 12.6. The SMILES string of the molecule is CCC(OC)c1nc(-c2cc(C(=O)O)cs2)cs1. The van der Waals surface area contributed by atoms with Gasteiger partial charge in [-0.05, 0) is 12.5 Å². The summed E-state index contributed by atoms with van der Waals surface area (Å²) in [6, 6.07) is 1.65. The van der Waals surface area contributed by atoms with Gasteiger partial charge < -0.3 is 9.84 Å². The van der Waals surface area contributed by atoms with Gasteiger partial charge in [-0.25, -0.2) is 9.78 Å². The van der Waals surface area contributed by atoms with E-state index in [4.69, 9.17) is 9.84 Å². The average Bonchev–Trinajstić information content (AvgIpc) is 2.98. The molecule has 2 heterocycles. The summed E-state index contributed by atoms with van der Waals surface area (Å²) in [6.07, 6.45) is 0.886. The second-order valence-electron chi connectivity index (χ2n) is 3.71. The fraction of sp³-hybridized carbons (Fsp3) is 0.333. The summed E-state index contributed by atoms with van der Waals surface area (Å²) in [5.41, 5.74) is 1.13. The molecule has 4 nitrogen and oxygen atoms in total. The van der Waals surface area contributed by atoms with Crippen molar-refractivity contribution in [3.8, 4) is 10.6 Å². The number of thiazole rings is 1. The van der Waals surface area contributed by atoms with E-state index in [1.807, 2.05) is 12.3 Å². The molecule has 1 atom stereocenters. The van der Waals surface area contributed by atoms with Crippen molar-refractivity contribution in [1.82, 2.24) is 4.98 Å². The van der Waals surface area contributed by atoms with E-state index in [1.165, 1.54) is 11.3 Å². The van der Waals surface area contributed by atoms with Crippen LogP contribution in [0, 0.1) is 0 Å². The van der Waals surface area contributed by atoms with Crippen LogP contribution in [0.5, 0.6) is 0 Å². The van der Waals surface area contributed by atoms with E-state index < -0.39 is 5.97 Å². The van der Waals surface area contributed by atoms with Crippen molar-refractivity contribution >= 4 is 28.6 Å². The maximum atomic E-state index is 10.8. The number of hydrogen-bond acceptors (Lipinski definition) is 5. The third-order valence-electron chi connectivity index (χ3n) is 2.55. The van der Waals surface area contributed by atoms with Gasteiger partial charge in [-0.15, -0.1) is 22.7 Å². The second kappa shape index (κ2) is 5.60. The van der Waals surface area contributed by atoms with Crippen LogP contribution in [0.4, 0.5) is 0 Å². The highest BCUT2D eigenvalue weighted by Crippen LogP contribution is 2.31. The molecule has 0 amide bonds. The number of carbonyl (C=O) groups is 1. The number of nitrogens with zero attached hydrogens (tertiary/aromatic N) is 1. The lowest BCUT2D eigenvalue weighted by Crippen LogP contribution is -1.98. The maximum absolute atomic E-state index is 10.8. The number of rotatable bonds is 5. The van der Waals surface area contributed by atoms with E-state index in [0.29, 0.717) is 5.56 Å². The number of carboxylic acid groups (broad SMARTS) is 1. The number of ether oxygens (including phenoxy) is 1. The Balaban J connectivity index is 2.26. The first-order chi connectivity index (χ1) is 8.65. The highest BCUT2D eigenvalue weighted by atomic mass is 32.1. The summed E-state index contributed by atoms with van der Waals surface area (Å²) in [6.45, 7) is 2.04. The van der Waals surface area contributed by atoms with E-state index in [1.54, 1.807) is 29.9 Å². The summed E-state index contributed by atoms with van der Waals surface area (Å²) < 4.78 is 5.34. The van der Waals surface area contributed by atoms with Crippen LogP contribution in [0.1, 0.15) is 34.8 Å². The van der Waals surface area contributed by atoms with Gasteiger partial charge in [0.2, 0.25) is 0 Å². The fourth-order valence-corrected chi connectivity index (χ4v) is 3.47. The van der Waals surface area contributed by atoms with Gasteiger partial charge in [-0.2, -0.15) is 0 Å². The molecule has 2 aromatic rings. The molecule has 0 saturated carbocycles. The van der Waals surface area contributed by atoms with Gasteiger partial charge in [0, 0.05) is 17.9 Å². The van der Waals surface area contributed by atoms with E-state index in [-0.39, 0.29) is 6.10 Å². The molecule has 1 unspecified atom stereocenters. The number of aromatic carboxylic acids is 1. The van der Waals surface area contributed by atoms with Gasteiger partial charge in [0.25, 0.3) is 0 Å².